The molecule has 8 nitrogen and oxygen atoms in total. The third-order valence-corrected chi connectivity index (χ3v) is 8.69. The van der Waals surface area contributed by atoms with Gasteiger partial charge in [0.1, 0.15) is 0 Å². The van der Waals surface area contributed by atoms with Crippen LogP contribution >= 0.6 is 11.8 Å². The van der Waals surface area contributed by atoms with Crippen LogP contribution in [0.3, 0.4) is 0 Å². The molecule has 4 rings (SSSR count). The number of ether oxygens (including phenoxy) is 1. The molecule has 10 heteroatoms. The van der Waals surface area contributed by atoms with E-state index in [9.17, 15) is 18.0 Å². The van der Waals surface area contributed by atoms with Crippen LogP contribution in [0.1, 0.15) is 33.6 Å². The number of carbonyl (C=O) groups excluding carboxylic acids is 2. The number of nitrogens with zero attached hydrogens (tertiary/aromatic N) is 1. The van der Waals surface area contributed by atoms with Crippen LogP contribution in [-0.4, -0.2) is 52.8 Å². The van der Waals surface area contributed by atoms with Gasteiger partial charge in [0, 0.05) is 30.7 Å². The highest BCUT2D eigenvalue weighted by molar-refractivity contribution is 7.98. The fraction of sp³-hybridized carbons (Fsp3) is 0.259. The Balaban J connectivity index is 1.43. The molecule has 1 saturated heterocycles. The summed E-state index contributed by atoms with van der Waals surface area (Å²) in [6.07, 6.45) is 3.84. The molecule has 1 fully saturated rings. The van der Waals surface area contributed by atoms with Gasteiger partial charge in [-0.25, -0.2) is 8.42 Å². The zero-order chi connectivity index (χ0) is 26.4. The second-order valence-corrected chi connectivity index (χ2v) is 11.4. The lowest BCUT2D eigenvalue weighted by Gasteiger charge is -2.20. The number of carbonyl (C=O) groups is 2. The Morgan fingerprint density at radius 1 is 1.00 bits per heavy atom. The molecule has 1 aliphatic rings. The van der Waals surface area contributed by atoms with Gasteiger partial charge >= 0.3 is 0 Å². The minimum atomic E-state index is -3.76. The molecule has 194 valence electrons. The zero-order valence-electron chi connectivity index (χ0n) is 20.6. The number of anilines is 2. The van der Waals surface area contributed by atoms with Gasteiger partial charge in [-0.05, 0) is 79.8 Å². The van der Waals surface area contributed by atoms with Gasteiger partial charge in [-0.3, -0.25) is 13.9 Å². The van der Waals surface area contributed by atoms with Crippen molar-refractivity contribution >= 4 is 45.0 Å². The lowest BCUT2D eigenvalue weighted by atomic mass is 10.1. The largest absolute Gasteiger partial charge is 0.376 e. The number of rotatable bonds is 9. The Morgan fingerprint density at radius 2 is 1.70 bits per heavy atom. The Hall–Kier alpha value is -3.34. The van der Waals surface area contributed by atoms with Crippen LogP contribution in [0.4, 0.5) is 11.4 Å². The molecule has 0 bridgehead atoms. The van der Waals surface area contributed by atoms with E-state index in [1.807, 2.05) is 6.26 Å². The highest BCUT2D eigenvalue weighted by Crippen LogP contribution is 2.25. The van der Waals surface area contributed by atoms with Crippen molar-refractivity contribution in [1.82, 2.24) is 5.32 Å². The van der Waals surface area contributed by atoms with Crippen LogP contribution in [0.5, 0.6) is 0 Å². The third-order valence-electron chi connectivity index (χ3n) is 6.15. The summed E-state index contributed by atoms with van der Waals surface area (Å²) < 4.78 is 32.8. The summed E-state index contributed by atoms with van der Waals surface area (Å²) >= 11 is 1.53. The minimum Gasteiger partial charge on any atom is -0.376 e. The molecule has 0 saturated carbocycles. The third kappa shape index (κ3) is 6.33. The Kier molecular flexibility index (Phi) is 8.52. The number of sulfonamides is 1. The molecule has 0 spiro atoms. The first-order valence-corrected chi connectivity index (χ1v) is 14.5. The first-order valence-electron chi connectivity index (χ1n) is 11.8. The van der Waals surface area contributed by atoms with E-state index in [4.69, 9.17) is 4.74 Å². The fourth-order valence-electron chi connectivity index (χ4n) is 3.96. The zero-order valence-corrected chi connectivity index (χ0v) is 22.3. The van der Waals surface area contributed by atoms with Gasteiger partial charge in [0.2, 0.25) is 0 Å². The number of thioether (sulfide) groups is 1. The monoisotopic (exact) mass is 539 g/mol. The molecule has 2 N–H and O–H groups in total. The van der Waals surface area contributed by atoms with E-state index in [0.29, 0.717) is 35.7 Å². The maximum Gasteiger partial charge on any atom is 0.264 e. The van der Waals surface area contributed by atoms with E-state index in [1.54, 1.807) is 72.8 Å². The van der Waals surface area contributed by atoms with E-state index < -0.39 is 15.9 Å². The fourth-order valence-corrected chi connectivity index (χ4v) is 5.56. The predicted molar refractivity (Wildman–Crippen MR) is 146 cm³/mol. The van der Waals surface area contributed by atoms with E-state index in [2.05, 4.69) is 10.6 Å². The number of para-hydroxylation sites is 1. The number of nitrogens with one attached hydrogen (secondary N) is 2. The van der Waals surface area contributed by atoms with Crippen LogP contribution in [0, 0.1) is 0 Å². The number of benzene rings is 3. The van der Waals surface area contributed by atoms with Crippen molar-refractivity contribution in [2.75, 3.05) is 36.1 Å². The van der Waals surface area contributed by atoms with Crippen molar-refractivity contribution in [2.24, 2.45) is 0 Å². The maximum absolute atomic E-state index is 13.0. The average Bonchev–Trinajstić information content (AvgIpc) is 3.45. The normalized spacial score (nSPS) is 15.2. The van der Waals surface area contributed by atoms with Gasteiger partial charge in [0.25, 0.3) is 21.8 Å². The molecule has 3 aromatic carbocycles. The average molecular weight is 540 g/mol. The Bertz CT molecular complexity index is 1350. The standard InChI is InChI=1S/C27H29N3O5S2/c1-30(37(33,34)23-15-13-22(36-2)14-16-23)20-11-9-19(10-12-20)26(31)29-25-8-4-3-7-24(25)27(32)28-18-21-6-5-17-35-21/h3-4,7-16,21H,5-6,17-18H2,1-2H3,(H,28,32)(H,29,31)/t21-/m0/s1. The van der Waals surface area contributed by atoms with Gasteiger partial charge < -0.3 is 15.4 Å². The van der Waals surface area contributed by atoms with Crippen LogP contribution in [0.15, 0.2) is 82.6 Å². The van der Waals surface area contributed by atoms with Crippen molar-refractivity contribution in [1.29, 1.82) is 0 Å². The molecule has 1 heterocycles. The SMILES string of the molecule is CSc1ccc(S(=O)(=O)N(C)c2ccc(C(=O)Nc3ccccc3C(=O)NC[C@@H]3CCCO3)cc2)cc1. The maximum atomic E-state index is 13.0. The van der Waals surface area contributed by atoms with Crippen molar-refractivity contribution in [3.8, 4) is 0 Å². The summed E-state index contributed by atoms with van der Waals surface area (Å²) in [5.74, 6) is -0.705. The highest BCUT2D eigenvalue weighted by atomic mass is 32.2. The smallest absolute Gasteiger partial charge is 0.264 e. The summed E-state index contributed by atoms with van der Waals surface area (Å²) in [6.45, 7) is 1.12. The first kappa shape index (κ1) is 26.7. The summed E-state index contributed by atoms with van der Waals surface area (Å²) in [5, 5.41) is 5.66. The van der Waals surface area contributed by atoms with Crippen LogP contribution in [-0.2, 0) is 14.8 Å². The second-order valence-electron chi connectivity index (χ2n) is 8.54. The van der Waals surface area contributed by atoms with Crippen molar-refractivity contribution < 1.29 is 22.7 Å². The van der Waals surface area contributed by atoms with Crippen LogP contribution < -0.4 is 14.9 Å². The van der Waals surface area contributed by atoms with E-state index in [-0.39, 0.29) is 16.9 Å². The molecule has 1 aliphatic heterocycles. The van der Waals surface area contributed by atoms with E-state index in [1.165, 1.54) is 23.1 Å². The van der Waals surface area contributed by atoms with E-state index in [0.717, 1.165) is 17.7 Å². The topological polar surface area (TPSA) is 105 Å². The van der Waals surface area contributed by atoms with Gasteiger partial charge in [0.05, 0.1) is 27.9 Å². The van der Waals surface area contributed by atoms with Gasteiger partial charge in [-0.1, -0.05) is 12.1 Å². The molecule has 0 aliphatic carbocycles. The van der Waals surface area contributed by atoms with Crippen molar-refractivity contribution in [2.45, 2.75) is 28.7 Å². The molecular formula is C27H29N3O5S2. The summed E-state index contributed by atoms with van der Waals surface area (Å²) in [5.41, 5.74) is 1.48. The number of hydrogen-bond acceptors (Lipinski definition) is 6. The summed E-state index contributed by atoms with van der Waals surface area (Å²) in [7, 11) is -2.28. The van der Waals surface area contributed by atoms with Crippen LogP contribution in [0.25, 0.3) is 0 Å². The lowest BCUT2D eigenvalue weighted by Crippen LogP contribution is -2.32. The summed E-state index contributed by atoms with van der Waals surface area (Å²) in [6, 6.07) is 19.7. The number of hydrogen-bond donors (Lipinski definition) is 2. The molecule has 1 atom stereocenters. The van der Waals surface area contributed by atoms with Gasteiger partial charge in [0.15, 0.2) is 0 Å². The predicted octanol–water partition coefficient (Wildman–Crippen LogP) is 4.39. The summed E-state index contributed by atoms with van der Waals surface area (Å²) in [4.78, 5) is 26.8. The molecule has 0 aromatic heterocycles. The van der Waals surface area contributed by atoms with Crippen molar-refractivity contribution in [3.05, 3.63) is 83.9 Å². The second kappa shape index (κ2) is 11.8. The molecule has 3 aromatic rings. The molecule has 37 heavy (non-hydrogen) atoms. The highest BCUT2D eigenvalue weighted by Gasteiger charge is 2.22. The molecule has 2 amide bonds. The van der Waals surface area contributed by atoms with Gasteiger partial charge in [-0.15, -0.1) is 11.8 Å². The Labute approximate surface area is 221 Å². The quantitative estimate of drug-likeness (QED) is 0.391. The number of amides is 2. The lowest BCUT2D eigenvalue weighted by molar-refractivity contribution is 0.0858. The van der Waals surface area contributed by atoms with Crippen LogP contribution in [0.2, 0.25) is 0 Å². The first-order chi connectivity index (χ1) is 17.8. The van der Waals surface area contributed by atoms with Gasteiger partial charge in [-0.2, -0.15) is 0 Å². The Morgan fingerprint density at radius 3 is 2.35 bits per heavy atom. The molecule has 0 unspecified atom stereocenters. The van der Waals surface area contributed by atoms with Crippen molar-refractivity contribution in [3.63, 3.8) is 0 Å². The molecule has 0 radical (unpaired) electrons. The minimum absolute atomic E-state index is 0.0147. The molecular weight excluding hydrogens is 510 g/mol. The van der Waals surface area contributed by atoms with E-state index >= 15 is 0 Å².